The van der Waals surface area contributed by atoms with Gasteiger partial charge in [0, 0.05) is 12.8 Å². The molecule has 3 atom stereocenters. The Morgan fingerprint density at radius 1 is 0.493 bits per heavy atom. The number of hydrogen-bond acceptors (Lipinski definition) is 7. The molecule has 0 saturated heterocycles. The fourth-order valence-corrected chi connectivity index (χ4v) is 8.65. The molecule has 0 saturated carbocycles. The van der Waals surface area contributed by atoms with Crippen LogP contribution in [0.2, 0.25) is 0 Å². The smallest absolute Gasteiger partial charge is 0.306 e. The Morgan fingerprint density at radius 3 is 1.36 bits per heavy atom. The summed E-state index contributed by atoms with van der Waals surface area (Å²) in [4.78, 5) is 39.9. The minimum atomic E-state index is -4.71. The zero-order chi connectivity index (χ0) is 53.6. The lowest BCUT2D eigenvalue weighted by molar-refractivity contribution is -0.870. The van der Waals surface area contributed by atoms with Crippen molar-refractivity contribution in [2.45, 2.75) is 251 Å². The Labute approximate surface area is 449 Å². The Hall–Kier alpha value is -3.07. The average molecular weight is 1040 g/mol. The van der Waals surface area contributed by atoms with E-state index in [2.05, 4.69) is 111 Å². The Morgan fingerprint density at radius 2 is 0.877 bits per heavy atom. The molecular formula is C63H111N2O7P. The van der Waals surface area contributed by atoms with Gasteiger partial charge in [-0.1, -0.05) is 215 Å². The molecule has 0 aromatic rings. The number of nitrogens with zero attached hydrogens (tertiary/aromatic N) is 1. The first kappa shape index (κ1) is 69.9. The van der Waals surface area contributed by atoms with Crippen molar-refractivity contribution in [1.29, 1.82) is 0 Å². The number of quaternary nitrogens is 1. The van der Waals surface area contributed by atoms with Gasteiger partial charge in [0.15, 0.2) is 0 Å². The summed E-state index contributed by atoms with van der Waals surface area (Å²) >= 11 is 0. The molecule has 0 aliphatic heterocycles. The molecular weight excluding hydrogens is 928 g/mol. The third kappa shape index (κ3) is 53.6. The quantitative estimate of drug-likeness (QED) is 0.0212. The van der Waals surface area contributed by atoms with E-state index in [1.807, 2.05) is 33.3 Å². The lowest BCUT2D eigenvalue weighted by atomic mass is 10.1. The highest BCUT2D eigenvalue weighted by Gasteiger charge is 2.27. The van der Waals surface area contributed by atoms with E-state index in [1.165, 1.54) is 89.9 Å². The largest absolute Gasteiger partial charge is 0.756 e. The van der Waals surface area contributed by atoms with Crippen LogP contribution in [0, 0.1) is 0 Å². The highest BCUT2D eigenvalue weighted by atomic mass is 31.2. The number of phosphoric ester groups is 1. The summed E-state index contributed by atoms with van der Waals surface area (Å²) in [5.74, 6) is -0.594. The summed E-state index contributed by atoms with van der Waals surface area (Å²) < 4.78 is 30.2. The van der Waals surface area contributed by atoms with Crippen molar-refractivity contribution in [3.63, 3.8) is 0 Å². The third-order valence-corrected chi connectivity index (χ3v) is 13.5. The molecule has 0 rings (SSSR count). The van der Waals surface area contributed by atoms with Gasteiger partial charge >= 0.3 is 5.97 Å². The van der Waals surface area contributed by atoms with Crippen molar-refractivity contribution >= 4 is 19.7 Å². The molecule has 0 radical (unpaired) electrons. The number of nitrogens with one attached hydrogen (secondary N) is 1. The van der Waals surface area contributed by atoms with Crippen LogP contribution in [-0.2, 0) is 27.9 Å². The van der Waals surface area contributed by atoms with Gasteiger partial charge in [-0.3, -0.25) is 14.2 Å². The predicted octanol–water partition coefficient (Wildman–Crippen LogP) is 17.4. The van der Waals surface area contributed by atoms with Gasteiger partial charge in [0.05, 0.1) is 33.8 Å². The summed E-state index contributed by atoms with van der Waals surface area (Å²) in [5, 5.41) is 3.00. The molecule has 0 bridgehead atoms. The number of allylic oxidation sites excluding steroid dienone is 15. The maximum Gasteiger partial charge on any atom is 0.306 e. The van der Waals surface area contributed by atoms with E-state index in [9.17, 15) is 19.0 Å². The lowest BCUT2D eigenvalue weighted by Gasteiger charge is -2.30. The van der Waals surface area contributed by atoms with Crippen LogP contribution < -0.4 is 10.2 Å². The molecule has 420 valence electrons. The number of rotatable bonds is 52. The van der Waals surface area contributed by atoms with Gasteiger partial charge in [-0.05, 0) is 109 Å². The fraction of sp³-hybridized carbons (Fsp3) is 0.714. The Kier molecular flexibility index (Phi) is 50.2. The van der Waals surface area contributed by atoms with Crippen LogP contribution in [0.25, 0.3) is 0 Å². The number of hydrogen-bond donors (Lipinski definition) is 1. The normalized spacial score (nSPS) is 14.5. The van der Waals surface area contributed by atoms with Crippen molar-refractivity contribution < 1.29 is 37.3 Å². The van der Waals surface area contributed by atoms with E-state index in [-0.39, 0.29) is 31.3 Å². The van der Waals surface area contributed by atoms with Gasteiger partial charge in [0.1, 0.15) is 19.3 Å². The number of unbranched alkanes of at least 4 members (excludes halogenated alkanes) is 22. The fourth-order valence-electron chi connectivity index (χ4n) is 7.93. The summed E-state index contributed by atoms with van der Waals surface area (Å²) in [6, 6.07) is -0.914. The van der Waals surface area contributed by atoms with E-state index < -0.39 is 26.6 Å². The number of likely N-dealkylation sites (N-methyl/N-ethyl adjacent to an activating group) is 1. The second kappa shape index (κ2) is 52.4. The van der Waals surface area contributed by atoms with E-state index >= 15 is 0 Å². The van der Waals surface area contributed by atoms with Gasteiger partial charge in [-0.15, -0.1) is 0 Å². The van der Waals surface area contributed by atoms with Crippen molar-refractivity contribution in [1.82, 2.24) is 5.32 Å². The molecule has 3 unspecified atom stereocenters. The SMILES string of the molecule is CC/C=C\C/C=C\C/C=C\C/C=C\C/C=C\CCCCCC(=O)NC(COP(=O)([O-])OCC[N+](C)(C)C)C(/C=C/CCCCCCCCCCC)OC(=O)CCCCCCCCC/C=C\C/C=C\CCCCC. The minimum absolute atomic E-state index is 0.0350. The third-order valence-electron chi connectivity index (χ3n) is 12.5. The van der Waals surface area contributed by atoms with E-state index in [4.69, 9.17) is 13.8 Å². The maximum atomic E-state index is 13.5. The first-order chi connectivity index (χ1) is 35.4. The van der Waals surface area contributed by atoms with Crippen LogP contribution in [0.5, 0.6) is 0 Å². The highest BCUT2D eigenvalue weighted by Crippen LogP contribution is 2.38. The van der Waals surface area contributed by atoms with Crippen LogP contribution in [0.1, 0.15) is 239 Å². The number of phosphoric acid groups is 1. The highest BCUT2D eigenvalue weighted by molar-refractivity contribution is 7.45. The number of carbonyl (C=O) groups is 2. The van der Waals surface area contributed by atoms with Gasteiger partial charge in [-0.2, -0.15) is 0 Å². The van der Waals surface area contributed by atoms with Crippen LogP contribution in [0.15, 0.2) is 97.2 Å². The second-order valence-electron chi connectivity index (χ2n) is 20.8. The summed E-state index contributed by atoms with van der Waals surface area (Å²) in [7, 11) is 1.14. The van der Waals surface area contributed by atoms with Crippen LogP contribution in [0.3, 0.4) is 0 Å². The first-order valence-corrected chi connectivity index (χ1v) is 31.0. The van der Waals surface area contributed by atoms with E-state index in [0.717, 1.165) is 103 Å². The molecule has 0 fully saturated rings. The molecule has 0 aliphatic carbocycles. The lowest BCUT2D eigenvalue weighted by Crippen LogP contribution is -2.47. The molecule has 0 spiro atoms. The minimum Gasteiger partial charge on any atom is -0.756 e. The molecule has 9 nitrogen and oxygen atoms in total. The average Bonchev–Trinajstić information content (AvgIpc) is 3.35. The second-order valence-corrected chi connectivity index (χ2v) is 22.2. The van der Waals surface area contributed by atoms with Gasteiger partial charge in [-0.25, -0.2) is 0 Å². The standard InChI is InChI=1S/C63H111N2O7P/c1-7-10-13-16-19-22-25-27-29-31-32-34-35-37-40-43-46-49-52-55-62(66)64-60(59-71-73(68,69)70-58-57-65(4,5)6)61(54-51-48-45-42-39-24-21-18-15-12-9-3)72-63(67)56-53-50-47-44-41-38-36-33-30-28-26-23-20-17-14-11-8-2/h10,13,19-20,22-23,27-30,32,34,37,40,51,54,60-61H,7-9,11-12,14-18,21,24-26,31,33,35-36,38-39,41-50,52-53,55-59H2,1-6H3,(H-,64,66,68,69)/b13-10-,22-19-,23-20-,29-27-,30-28-,34-32-,40-37-,54-51+. The topological polar surface area (TPSA) is 114 Å². The zero-order valence-corrected chi connectivity index (χ0v) is 48.7. The van der Waals surface area contributed by atoms with Crippen LogP contribution in [0.4, 0.5) is 0 Å². The summed E-state index contributed by atoms with van der Waals surface area (Å²) in [6.07, 6.45) is 69.4. The molecule has 10 heteroatoms. The summed E-state index contributed by atoms with van der Waals surface area (Å²) in [6.45, 7) is 6.65. The van der Waals surface area contributed by atoms with E-state index in [1.54, 1.807) is 0 Å². The van der Waals surface area contributed by atoms with Gasteiger partial charge in [0.2, 0.25) is 5.91 Å². The molecule has 0 aliphatic rings. The molecule has 73 heavy (non-hydrogen) atoms. The number of esters is 1. The van der Waals surface area contributed by atoms with Crippen molar-refractivity contribution in [2.75, 3.05) is 40.9 Å². The van der Waals surface area contributed by atoms with Gasteiger partial charge in [0.25, 0.3) is 7.82 Å². The van der Waals surface area contributed by atoms with Crippen molar-refractivity contribution in [3.05, 3.63) is 97.2 Å². The van der Waals surface area contributed by atoms with Gasteiger partial charge < -0.3 is 28.5 Å². The van der Waals surface area contributed by atoms with Crippen molar-refractivity contribution in [2.24, 2.45) is 0 Å². The van der Waals surface area contributed by atoms with Crippen LogP contribution in [-0.4, -0.2) is 69.4 Å². The molecule has 0 aromatic carbocycles. The van der Waals surface area contributed by atoms with E-state index in [0.29, 0.717) is 23.9 Å². The molecule has 1 N–H and O–H groups in total. The molecule has 1 amide bonds. The molecule has 0 heterocycles. The predicted molar refractivity (Wildman–Crippen MR) is 311 cm³/mol. The number of carbonyl (C=O) groups excluding carboxylic acids is 2. The Balaban J connectivity index is 5.36. The Bertz CT molecular complexity index is 1570. The van der Waals surface area contributed by atoms with Crippen LogP contribution >= 0.6 is 7.82 Å². The molecule has 0 aromatic heterocycles. The monoisotopic (exact) mass is 1040 g/mol. The number of ether oxygens (including phenoxy) is 1. The zero-order valence-electron chi connectivity index (χ0n) is 47.8. The maximum absolute atomic E-state index is 13.5. The number of amides is 1. The summed E-state index contributed by atoms with van der Waals surface area (Å²) in [5.41, 5.74) is 0. The first-order valence-electron chi connectivity index (χ1n) is 29.5. The van der Waals surface area contributed by atoms with Crippen molar-refractivity contribution in [3.8, 4) is 0 Å².